The van der Waals surface area contributed by atoms with Crippen molar-refractivity contribution in [2.75, 3.05) is 17.2 Å². The summed E-state index contributed by atoms with van der Waals surface area (Å²) in [5.74, 6) is 0.630. The van der Waals surface area contributed by atoms with Gasteiger partial charge in [0.05, 0.1) is 6.61 Å². The van der Waals surface area contributed by atoms with Gasteiger partial charge in [-0.25, -0.2) is 9.59 Å². The highest BCUT2D eigenvalue weighted by Gasteiger charge is 2.11. The van der Waals surface area contributed by atoms with E-state index < -0.39 is 6.09 Å². The maximum Gasteiger partial charge on any atom is 0.411 e. The van der Waals surface area contributed by atoms with Gasteiger partial charge in [-0.1, -0.05) is 33.8 Å². The number of rotatable bonds is 6. The van der Waals surface area contributed by atoms with Crippen molar-refractivity contribution < 1.29 is 14.3 Å². The lowest BCUT2D eigenvalue weighted by Crippen LogP contribution is -2.39. The Hall–Kier alpha value is -2.24. The number of nitrogens with one attached hydrogen (secondary N) is 3. The minimum absolute atomic E-state index is 0.0716. The number of urea groups is 1. The number of ether oxygens (including phenoxy) is 1. The van der Waals surface area contributed by atoms with E-state index >= 15 is 0 Å². The quantitative estimate of drug-likeness (QED) is 0.739. The Balaban J connectivity index is 2.56. The number of hydrogen-bond acceptors (Lipinski definition) is 3. The zero-order valence-electron chi connectivity index (χ0n) is 14.5. The van der Waals surface area contributed by atoms with Crippen molar-refractivity contribution in [3.05, 3.63) is 24.3 Å². The first-order chi connectivity index (χ1) is 10.8. The molecule has 3 N–H and O–H groups in total. The molecule has 1 aromatic carbocycles. The molecule has 0 saturated heterocycles. The lowest BCUT2D eigenvalue weighted by atomic mass is 10.1. The van der Waals surface area contributed by atoms with E-state index in [9.17, 15) is 9.59 Å². The number of anilines is 2. The summed E-state index contributed by atoms with van der Waals surface area (Å²) in [6.45, 7) is 10.3. The van der Waals surface area contributed by atoms with Gasteiger partial charge in [0.2, 0.25) is 0 Å². The molecule has 0 heterocycles. The molecular formula is C17H27N3O3. The van der Waals surface area contributed by atoms with Crippen LogP contribution in [0.2, 0.25) is 0 Å². The second-order valence-corrected chi connectivity index (χ2v) is 6.33. The summed E-state index contributed by atoms with van der Waals surface area (Å²) in [5.41, 5.74) is 1.16. The number of amides is 3. The van der Waals surface area contributed by atoms with Crippen LogP contribution < -0.4 is 16.0 Å². The number of carbonyl (C=O) groups is 2. The Morgan fingerprint density at radius 2 is 1.65 bits per heavy atom. The van der Waals surface area contributed by atoms with Gasteiger partial charge in [-0.15, -0.1) is 0 Å². The number of benzene rings is 1. The summed E-state index contributed by atoms with van der Waals surface area (Å²) in [6.07, 6.45) is -0.506. The molecule has 128 valence electrons. The molecule has 1 rings (SSSR count). The number of hydrogen-bond donors (Lipinski definition) is 3. The average Bonchev–Trinajstić information content (AvgIpc) is 2.45. The highest BCUT2D eigenvalue weighted by atomic mass is 16.5. The van der Waals surface area contributed by atoms with Crippen LogP contribution in [0.3, 0.4) is 0 Å². The summed E-state index contributed by atoms with van der Waals surface area (Å²) in [5, 5.41) is 8.25. The summed E-state index contributed by atoms with van der Waals surface area (Å²) in [6, 6.07) is 6.71. The molecule has 23 heavy (non-hydrogen) atoms. The maximum atomic E-state index is 11.9. The Labute approximate surface area is 138 Å². The molecule has 6 nitrogen and oxygen atoms in total. The van der Waals surface area contributed by atoms with Crippen LogP contribution in [0.15, 0.2) is 24.3 Å². The second-order valence-electron chi connectivity index (χ2n) is 6.33. The lowest BCUT2D eigenvalue weighted by Gasteiger charge is -2.18. The van der Waals surface area contributed by atoms with E-state index in [-0.39, 0.29) is 18.0 Å². The molecule has 0 aromatic heterocycles. The van der Waals surface area contributed by atoms with Crippen molar-refractivity contribution >= 4 is 23.5 Å². The molecule has 0 saturated carbocycles. The predicted molar refractivity (Wildman–Crippen MR) is 92.7 cm³/mol. The van der Waals surface area contributed by atoms with Crippen LogP contribution in [0.1, 0.15) is 34.6 Å². The van der Waals surface area contributed by atoms with Crippen LogP contribution in [0, 0.1) is 11.8 Å². The SMILES string of the molecule is CC(C)COC(=O)Nc1cccc(NC(=O)NC(C)C(C)C)c1. The van der Waals surface area contributed by atoms with E-state index in [0.29, 0.717) is 23.9 Å². The standard InChI is InChI=1S/C17H27N3O3/c1-11(2)10-23-17(22)20-15-8-6-7-14(9-15)19-16(21)18-13(5)12(3)4/h6-9,11-13H,10H2,1-5H3,(H,20,22)(H2,18,19,21). The van der Waals surface area contributed by atoms with Crippen molar-refractivity contribution in [2.24, 2.45) is 11.8 Å². The van der Waals surface area contributed by atoms with Crippen LogP contribution in [-0.4, -0.2) is 24.8 Å². The predicted octanol–water partition coefficient (Wildman–Crippen LogP) is 4.06. The van der Waals surface area contributed by atoms with Gasteiger partial charge in [-0.2, -0.15) is 0 Å². The molecule has 0 aliphatic rings. The Morgan fingerprint density at radius 1 is 1.04 bits per heavy atom. The highest BCUT2D eigenvalue weighted by Crippen LogP contribution is 2.15. The fourth-order valence-corrected chi connectivity index (χ4v) is 1.61. The van der Waals surface area contributed by atoms with E-state index in [1.54, 1.807) is 24.3 Å². The molecule has 6 heteroatoms. The third kappa shape index (κ3) is 7.54. The van der Waals surface area contributed by atoms with E-state index in [0.717, 1.165) is 0 Å². The molecular weight excluding hydrogens is 294 g/mol. The molecule has 1 aromatic rings. The number of carbonyl (C=O) groups excluding carboxylic acids is 2. The Bertz CT molecular complexity index is 530. The van der Waals surface area contributed by atoms with Crippen LogP contribution in [0.5, 0.6) is 0 Å². The summed E-state index contributed by atoms with van der Waals surface area (Å²) in [7, 11) is 0. The van der Waals surface area contributed by atoms with Gasteiger partial charge in [0.25, 0.3) is 0 Å². The second kappa shape index (κ2) is 9.02. The van der Waals surface area contributed by atoms with E-state index in [1.807, 2.05) is 34.6 Å². The Morgan fingerprint density at radius 3 is 2.22 bits per heavy atom. The molecule has 0 aliphatic carbocycles. The summed E-state index contributed by atoms with van der Waals surface area (Å²) in [4.78, 5) is 23.5. The van der Waals surface area contributed by atoms with Crippen LogP contribution in [0.4, 0.5) is 21.0 Å². The fraction of sp³-hybridized carbons (Fsp3) is 0.529. The minimum Gasteiger partial charge on any atom is -0.449 e. The minimum atomic E-state index is -0.506. The first-order valence-electron chi connectivity index (χ1n) is 7.89. The largest absolute Gasteiger partial charge is 0.449 e. The van der Waals surface area contributed by atoms with Crippen molar-refractivity contribution in [3.8, 4) is 0 Å². The fourth-order valence-electron chi connectivity index (χ4n) is 1.61. The van der Waals surface area contributed by atoms with Gasteiger partial charge in [-0.3, -0.25) is 5.32 Å². The molecule has 1 unspecified atom stereocenters. The lowest BCUT2D eigenvalue weighted by molar-refractivity contribution is 0.147. The first kappa shape index (κ1) is 18.8. The molecule has 0 fully saturated rings. The molecule has 0 bridgehead atoms. The van der Waals surface area contributed by atoms with Crippen LogP contribution in [-0.2, 0) is 4.74 Å². The van der Waals surface area contributed by atoms with E-state index in [1.165, 1.54) is 0 Å². The van der Waals surface area contributed by atoms with Crippen LogP contribution in [0.25, 0.3) is 0 Å². The van der Waals surface area contributed by atoms with E-state index in [2.05, 4.69) is 16.0 Å². The first-order valence-corrected chi connectivity index (χ1v) is 7.89. The topological polar surface area (TPSA) is 79.5 Å². The van der Waals surface area contributed by atoms with Gasteiger partial charge in [0.15, 0.2) is 0 Å². The smallest absolute Gasteiger partial charge is 0.411 e. The molecule has 0 radical (unpaired) electrons. The normalized spacial score (nSPS) is 12.0. The summed E-state index contributed by atoms with van der Waals surface area (Å²) < 4.78 is 5.06. The third-order valence-electron chi connectivity index (χ3n) is 3.27. The molecule has 3 amide bonds. The van der Waals surface area contributed by atoms with Crippen molar-refractivity contribution in [1.29, 1.82) is 0 Å². The zero-order valence-corrected chi connectivity index (χ0v) is 14.5. The summed E-state index contributed by atoms with van der Waals surface area (Å²) >= 11 is 0. The molecule has 0 spiro atoms. The van der Waals surface area contributed by atoms with E-state index in [4.69, 9.17) is 4.74 Å². The third-order valence-corrected chi connectivity index (χ3v) is 3.27. The zero-order chi connectivity index (χ0) is 17.4. The van der Waals surface area contributed by atoms with Crippen LogP contribution >= 0.6 is 0 Å². The Kier molecular flexibility index (Phi) is 7.38. The van der Waals surface area contributed by atoms with Crippen molar-refractivity contribution in [3.63, 3.8) is 0 Å². The highest BCUT2D eigenvalue weighted by molar-refractivity contribution is 5.91. The van der Waals surface area contributed by atoms with Gasteiger partial charge in [0.1, 0.15) is 0 Å². The maximum absolute atomic E-state index is 11.9. The van der Waals surface area contributed by atoms with Crippen molar-refractivity contribution in [1.82, 2.24) is 5.32 Å². The molecule has 1 atom stereocenters. The van der Waals surface area contributed by atoms with Gasteiger partial charge >= 0.3 is 12.1 Å². The van der Waals surface area contributed by atoms with Gasteiger partial charge < -0.3 is 15.4 Å². The molecule has 0 aliphatic heterocycles. The van der Waals surface area contributed by atoms with Gasteiger partial charge in [-0.05, 0) is 37.0 Å². The monoisotopic (exact) mass is 321 g/mol. The average molecular weight is 321 g/mol. The van der Waals surface area contributed by atoms with Gasteiger partial charge in [0, 0.05) is 17.4 Å². The van der Waals surface area contributed by atoms with Crippen molar-refractivity contribution in [2.45, 2.75) is 40.7 Å².